The molecule has 4 aromatic rings. The first kappa shape index (κ1) is 18.3. The first-order chi connectivity index (χ1) is 14.5. The average molecular weight is 397 g/mol. The molecule has 2 heterocycles. The molecule has 5 heteroatoms. The maximum absolute atomic E-state index is 13.5. The third kappa shape index (κ3) is 2.90. The summed E-state index contributed by atoms with van der Waals surface area (Å²) in [6.07, 6.45) is 0. The number of nitrogens with zero attached hydrogens (tertiary/aromatic N) is 2. The fourth-order valence-electron chi connectivity index (χ4n) is 4.01. The highest BCUT2D eigenvalue weighted by Gasteiger charge is 2.43. The number of hydrogen-bond donors (Lipinski definition) is 1. The van der Waals surface area contributed by atoms with Crippen molar-refractivity contribution in [1.82, 2.24) is 10.2 Å². The molecule has 30 heavy (non-hydrogen) atoms. The number of benzene rings is 3. The summed E-state index contributed by atoms with van der Waals surface area (Å²) in [5.41, 5.74) is 6.95. The highest BCUT2D eigenvalue weighted by atomic mass is 19.1. The van der Waals surface area contributed by atoms with E-state index in [0.717, 1.165) is 33.5 Å². The van der Waals surface area contributed by atoms with Crippen LogP contribution in [0.25, 0.3) is 11.3 Å². The summed E-state index contributed by atoms with van der Waals surface area (Å²) in [6, 6.07) is 21.9. The van der Waals surface area contributed by atoms with Gasteiger partial charge in [0.15, 0.2) is 0 Å². The zero-order valence-corrected chi connectivity index (χ0v) is 16.7. The van der Waals surface area contributed by atoms with E-state index in [4.69, 9.17) is 0 Å². The molecule has 0 aliphatic carbocycles. The Bertz CT molecular complexity index is 1230. The van der Waals surface area contributed by atoms with Gasteiger partial charge in [-0.3, -0.25) is 14.8 Å². The van der Waals surface area contributed by atoms with Gasteiger partial charge in [-0.2, -0.15) is 5.10 Å². The molecule has 5 rings (SSSR count). The number of anilines is 1. The second kappa shape index (κ2) is 6.95. The van der Waals surface area contributed by atoms with Crippen LogP contribution < -0.4 is 4.90 Å². The number of carbonyl (C=O) groups excluding carboxylic acids is 1. The number of nitrogens with one attached hydrogen (secondary N) is 1. The molecule has 0 saturated heterocycles. The van der Waals surface area contributed by atoms with Crippen LogP contribution in [-0.4, -0.2) is 16.1 Å². The van der Waals surface area contributed by atoms with Crippen molar-refractivity contribution >= 4 is 11.6 Å². The molecular weight excluding hydrogens is 377 g/mol. The van der Waals surface area contributed by atoms with Crippen LogP contribution in [0.2, 0.25) is 0 Å². The lowest BCUT2D eigenvalue weighted by atomic mass is 9.95. The first-order valence-electron chi connectivity index (χ1n) is 9.84. The molecule has 1 aliphatic heterocycles. The standard InChI is InChI=1S/C25H20FN3O/c1-15-3-7-17(8-4-15)22-21-23(28-27-22)25(30)29(20-13-11-19(26)12-14-20)24(21)18-9-5-16(2)6-10-18/h3-14,24H,1-2H3,(H,27,28)/t24-/m0/s1. The Morgan fingerprint density at radius 3 is 2.10 bits per heavy atom. The van der Waals surface area contributed by atoms with E-state index in [1.807, 2.05) is 62.4 Å². The second-order valence-corrected chi connectivity index (χ2v) is 7.69. The van der Waals surface area contributed by atoms with Gasteiger partial charge in [0.1, 0.15) is 11.5 Å². The third-order valence-corrected chi connectivity index (χ3v) is 5.59. The first-order valence-corrected chi connectivity index (χ1v) is 9.84. The summed E-state index contributed by atoms with van der Waals surface area (Å²) >= 11 is 0. The molecule has 4 nitrogen and oxygen atoms in total. The van der Waals surface area contributed by atoms with E-state index >= 15 is 0 Å². The van der Waals surface area contributed by atoms with Gasteiger partial charge in [0.2, 0.25) is 0 Å². The summed E-state index contributed by atoms with van der Waals surface area (Å²) < 4.78 is 13.5. The summed E-state index contributed by atoms with van der Waals surface area (Å²) in [5.74, 6) is -0.508. The maximum Gasteiger partial charge on any atom is 0.277 e. The number of halogens is 1. The topological polar surface area (TPSA) is 49.0 Å². The lowest BCUT2D eigenvalue weighted by Crippen LogP contribution is -2.29. The fraction of sp³-hybridized carbons (Fsp3) is 0.120. The van der Waals surface area contributed by atoms with E-state index in [1.54, 1.807) is 17.0 Å². The van der Waals surface area contributed by atoms with E-state index in [9.17, 15) is 9.18 Å². The molecule has 0 unspecified atom stereocenters. The van der Waals surface area contributed by atoms with Gasteiger partial charge in [-0.15, -0.1) is 0 Å². The SMILES string of the molecule is Cc1ccc(-c2n[nH]c3c2[C@H](c2ccc(C)cc2)N(c2ccc(F)cc2)C3=O)cc1. The Morgan fingerprint density at radius 1 is 0.867 bits per heavy atom. The number of aromatic nitrogens is 2. The van der Waals surface area contributed by atoms with E-state index < -0.39 is 0 Å². The van der Waals surface area contributed by atoms with Gasteiger partial charge < -0.3 is 0 Å². The van der Waals surface area contributed by atoms with Gasteiger partial charge in [0, 0.05) is 16.8 Å². The number of H-pyrrole nitrogens is 1. The van der Waals surface area contributed by atoms with Crippen molar-refractivity contribution in [1.29, 1.82) is 0 Å². The predicted octanol–water partition coefficient (Wildman–Crippen LogP) is 5.58. The van der Waals surface area contributed by atoms with Gasteiger partial charge >= 0.3 is 0 Å². The molecule has 1 amide bonds. The minimum atomic E-state index is -0.353. The number of amides is 1. The summed E-state index contributed by atoms with van der Waals surface area (Å²) in [7, 11) is 0. The van der Waals surface area contributed by atoms with Crippen LogP contribution in [0.5, 0.6) is 0 Å². The molecule has 1 aromatic heterocycles. The number of aryl methyl sites for hydroxylation is 2. The van der Waals surface area contributed by atoms with Gasteiger partial charge in [-0.05, 0) is 43.7 Å². The Kier molecular flexibility index (Phi) is 4.24. The van der Waals surface area contributed by atoms with E-state index in [2.05, 4.69) is 10.2 Å². The molecular formula is C25H20FN3O. The predicted molar refractivity (Wildman–Crippen MR) is 115 cm³/mol. The van der Waals surface area contributed by atoms with Crippen LogP contribution in [-0.2, 0) is 0 Å². The van der Waals surface area contributed by atoms with E-state index in [0.29, 0.717) is 11.4 Å². The fourth-order valence-corrected chi connectivity index (χ4v) is 4.01. The Morgan fingerprint density at radius 2 is 1.47 bits per heavy atom. The molecule has 0 saturated carbocycles. The molecule has 0 radical (unpaired) electrons. The van der Waals surface area contributed by atoms with Gasteiger partial charge in [0.25, 0.3) is 5.91 Å². The largest absolute Gasteiger partial charge is 0.295 e. The third-order valence-electron chi connectivity index (χ3n) is 5.59. The number of carbonyl (C=O) groups is 1. The van der Waals surface area contributed by atoms with Crippen LogP contribution in [0.3, 0.4) is 0 Å². The summed E-state index contributed by atoms with van der Waals surface area (Å²) in [6.45, 7) is 4.07. The molecule has 3 aromatic carbocycles. The molecule has 1 N–H and O–H groups in total. The quantitative estimate of drug-likeness (QED) is 0.490. The number of fused-ring (bicyclic) bond motifs is 1. The highest BCUT2D eigenvalue weighted by molar-refractivity contribution is 6.11. The van der Waals surface area contributed by atoms with Crippen molar-refractivity contribution in [3.05, 3.63) is 107 Å². The van der Waals surface area contributed by atoms with Crippen molar-refractivity contribution in [2.45, 2.75) is 19.9 Å². The smallest absolute Gasteiger partial charge is 0.277 e. The molecule has 0 fully saturated rings. The minimum absolute atomic E-state index is 0.173. The average Bonchev–Trinajstić information content (AvgIpc) is 3.29. The normalized spacial score (nSPS) is 15.5. The molecule has 1 aliphatic rings. The molecule has 148 valence electrons. The molecule has 1 atom stereocenters. The summed E-state index contributed by atoms with van der Waals surface area (Å²) in [4.78, 5) is 15.1. The molecule has 0 bridgehead atoms. The zero-order chi connectivity index (χ0) is 20.8. The van der Waals surface area contributed by atoms with E-state index in [1.165, 1.54) is 12.1 Å². The highest BCUT2D eigenvalue weighted by Crippen LogP contribution is 2.45. The van der Waals surface area contributed by atoms with Crippen LogP contribution >= 0.6 is 0 Å². The lowest BCUT2D eigenvalue weighted by Gasteiger charge is -2.26. The summed E-state index contributed by atoms with van der Waals surface area (Å²) in [5, 5.41) is 7.45. The monoisotopic (exact) mass is 397 g/mol. The van der Waals surface area contributed by atoms with Gasteiger partial charge in [-0.25, -0.2) is 4.39 Å². The van der Waals surface area contributed by atoms with Crippen LogP contribution in [0.1, 0.15) is 38.8 Å². The zero-order valence-electron chi connectivity index (χ0n) is 16.7. The van der Waals surface area contributed by atoms with Gasteiger partial charge in [0.05, 0.1) is 11.7 Å². The Balaban J connectivity index is 1.71. The Hall–Kier alpha value is -3.73. The lowest BCUT2D eigenvalue weighted by molar-refractivity contribution is 0.0988. The van der Waals surface area contributed by atoms with Gasteiger partial charge in [-0.1, -0.05) is 59.7 Å². The van der Waals surface area contributed by atoms with Crippen LogP contribution in [0.4, 0.5) is 10.1 Å². The van der Waals surface area contributed by atoms with E-state index in [-0.39, 0.29) is 17.8 Å². The van der Waals surface area contributed by atoms with Crippen molar-refractivity contribution < 1.29 is 9.18 Å². The number of rotatable bonds is 3. The maximum atomic E-state index is 13.5. The van der Waals surface area contributed by atoms with Crippen molar-refractivity contribution in [3.8, 4) is 11.3 Å². The van der Waals surface area contributed by atoms with Crippen LogP contribution in [0, 0.1) is 19.7 Å². The van der Waals surface area contributed by atoms with Crippen molar-refractivity contribution in [2.75, 3.05) is 4.90 Å². The van der Waals surface area contributed by atoms with Crippen LogP contribution in [0.15, 0.2) is 72.8 Å². The Labute approximate surface area is 174 Å². The number of aromatic amines is 1. The van der Waals surface area contributed by atoms with Crippen molar-refractivity contribution in [2.24, 2.45) is 0 Å². The number of hydrogen-bond acceptors (Lipinski definition) is 2. The minimum Gasteiger partial charge on any atom is -0.295 e. The van der Waals surface area contributed by atoms with Crippen molar-refractivity contribution in [3.63, 3.8) is 0 Å². The second-order valence-electron chi connectivity index (χ2n) is 7.69. The molecule has 0 spiro atoms.